The monoisotopic (exact) mass is 903 g/mol. The molecule has 0 atom stereocenters. The van der Waals surface area contributed by atoms with Gasteiger partial charge in [-0.2, -0.15) is 20.0 Å². The molecule has 0 aliphatic rings. The standard InChI is InChI=1S/C11H9NO5.C8H5Cl2NO.2C8H6FNO.C8H7NOS/c1-16-10(14)7-3-8(11(15)17-2)5-9(4-7)12-6-13;9-7-2-1-6(4-11-5-12)8(10)3-7;1-6-2-3-7(10-5-11)4-8(6)9;1-6-2-3-7(9)4-8(6)10-5-11;1-11-8-5-3-2-4-7(8)9-6-10/h3-5H,1-2H3;1-3H,4H2;2*2-4H,1H3;2-5H,1H3. The van der Waals surface area contributed by atoms with Gasteiger partial charge in [-0.05, 0) is 91.4 Å². The maximum Gasteiger partial charge on any atom is 0.337 e. The first kappa shape index (κ1) is 52.7. The van der Waals surface area contributed by atoms with Crippen LogP contribution in [0.1, 0.15) is 37.4 Å². The molecule has 5 aromatic carbocycles. The first-order valence-electron chi connectivity index (χ1n) is 17.0. The maximum absolute atomic E-state index is 12.7. The molecule has 0 unspecified atom stereocenters. The van der Waals surface area contributed by atoms with Crippen molar-refractivity contribution in [3.8, 4) is 0 Å². The fraction of sp³-hybridized carbons (Fsp3) is 0.140. The van der Waals surface area contributed by atoms with Gasteiger partial charge in [0, 0.05) is 27.1 Å². The van der Waals surface area contributed by atoms with Gasteiger partial charge < -0.3 is 9.47 Å². The van der Waals surface area contributed by atoms with E-state index >= 15 is 0 Å². The summed E-state index contributed by atoms with van der Waals surface area (Å²) in [5.74, 6) is -2.04. The molecule has 0 heterocycles. The third-order valence-corrected chi connectivity index (χ3v) is 8.55. The Morgan fingerprint density at radius 1 is 0.629 bits per heavy atom. The lowest BCUT2D eigenvalue weighted by Crippen LogP contribution is -2.06. The summed E-state index contributed by atoms with van der Waals surface area (Å²) in [6.45, 7) is 3.64. The molecule has 0 saturated carbocycles. The van der Waals surface area contributed by atoms with E-state index in [1.54, 1.807) is 68.1 Å². The van der Waals surface area contributed by atoms with E-state index in [1.165, 1.54) is 81.0 Å². The van der Waals surface area contributed by atoms with E-state index in [0.717, 1.165) is 16.0 Å². The van der Waals surface area contributed by atoms with E-state index in [9.17, 15) is 42.3 Å². The topological polar surface area (TPSA) is 200 Å². The molecule has 5 aromatic rings. The summed E-state index contributed by atoms with van der Waals surface area (Å²) in [6, 6.07) is 24.8. The molecule has 0 aliphatic heterocycles. The van der Waals surface area contributed by atoms with Gasteiger partial charge in [0.15, 0.2) is 0 Å². The minimum absolute atomic E-state index is 0.101. The van der Waals surface area contributed by atoms with E-state index in [0.29, 0.717) is 32.7 Å². The number of carbonyl (C=O) groups is 2. The highest BCUT2D eigenvalue weighted by Crippen LogP contribution is 2.26. The molecule has 19 heteroatoms. The van der Waals surface area contributed by atoms with Crippen LogP contribution in [0.4, 0.5) is 31.5 Å². The van der Waals surface area contributed by atoms with Crippen LogP contribution in [0.15, 0.2) is 127 Å². The van der Waals surface area contributed by atoms with Crippen molar-refractivity contribution in [3.63, 3.8) is 0 Å². The third kappa shape index (κ3) is 19.7. The Balaban J connectivity index is 0.000000392. The number of benzene rings is 5. The van der Waals surface area contributed by atoms with Crippen LogP contribution in [-0.4, -0.2) is 62.8 Å². The molecule has 0 bridgehead atoms. The quantitative estimate of drug-likeness (QED) is 0.0593. The van der Waals surface area contributed by atoms with Gasteiger partial charge in [0.1, 0.15) is 11.6 Å². The number of aliphatic imine (C=N–C) groups is 5. The van der Waals surface area contributed by atoms with Crippen LogP contribution >= 0.6 is 35.0 Å². The average Bonchev–Trinajstić information content (AvgIpc) is 3.27. The third-order valence-electron chi connectivity index (χ3n) is 7.18. The Bertz CT molecular complexity index is 2550. The zero-order valence-electron chi connectivity index (χ0n) is 33.3. The minimum Gasteiger partial charge on any atom is -0.465 e. The van der Waals surface area contributed by atoms with Gasteiger partial charge in [-0.25, -0.2) is 47.3 Å². The van der Waals surface area contributed by atoms with Crippen molar-refractivity contribution < 1.29 is 51.8 Å². The number of isocyanates is 5. The zero-order valence-corrected chi connectivity index (χ0v) is 35.6. The van der Waals surface area contributed by atoms with Crippen molar-refractivity contribution in [2.75, 3.05) is 20.5 Å². The number of hydrogen-bond acceptors (Lipinski definition) is 15. The van der Waals surface area contributed by atoms with E-state index in [4.69, 9.17) is 23.2 Å². The lowest BCUT2D eigenvalue weighted by atomic mass is 10.1. The molecule has 0 saturated heterocycles. The van der Waals surface area contributed by atoms with Crippen molar-refractivity contribution in [2.24, 2.45) is 25.0 Å². The highest BCUT2D eigenvalue weighted by molar-refractivity contribution is 7.98. The van der Waals surface area contributed by atoms with Crippen LogP contribution in [0.5, 0.6) is 0 Å². The van der Waals surface area contributed by atoms with Gasteiger partial charge in [-0.1, -0.05) is 53.5 Å². The van der Waals surface area contributed by atoms with Gasteiger partial charge in [-0.15, -0.1) is 11.8 Å². The highest BCUT2D eigenvalue weighted by atomic mass is 35.5. The zero-order chi connectivity index (χ0) is 46.5. The van der Waals surface area contributed by atoms with Gasteiger partial charge >= 0.3 is 11.9 Å². The molecule has 0 fully saturated rings. The number of halogens is 4. The number of aryl methyl sites for hydroxylation is 2. The number of para-hydroxylation sites is 1. The summed E-state index contributed by atoms with van der Waals surface area (Å²) in [5, 5.41) is 1.08. The van der Waals surface area contributed by atoms with Crippen LogP contribution < -0.4 is 0 Å². The van der Waals surface area contributed by atoms with Crippen LogP contribution in [0, 0.1) is 25.5 Å². The predicted molar refractivity (Wildman–Crippen MR) is 229 cm³/mol. The number of carbonyl (C=O) groups excluding carboxylic acids is 7. The Hall–Kier alpha value is -7.27. The first-order valence-corrected chi connectivity index (χ1v) is 19.0. The molecule has 318 valence electrons. The Kier molecular flexibility index (Phi) is 25.4. The van der Waals surface area contributed by atoms with Crippen LogP contribution in [0.2, 0.25) is 10.0 Å². The minimum atomic E-state index is -0.641. The normalized spacial score (nSPS) is 8.98. The molecule has 62 heavy (non-hydrogen) atoms. The molecule has 0 N–H and O–H groups in total. The fourth-order valence-electron chi connectivity index (χ4n) is 4.19. The number of ether oxygens (including phenoxy) is 2. The van der Waals surface area contributed by atoms with Crippen molar-refractivity contribution in [2.45, 2.75) is 25.3 Å². The van der Waals surface area contributed by atoms with E-state index < -0.39 is 17.8 Å². The van der Waals surface area contributed by atoms with Crippen molar-refractivity contribution >= 4 is 100 Å². The first-order chi connectivity index (χ1) is 29.7. The Morgan fingerprint density at radius 2 is 1.19 bits per heavy atom. The molecule has 0 amide bonds. The molecule has 5 rings (SSSR count). The van der Waals surface area contributed by atoms with Gasteiger partial charge in [-0.3, -0.25) is 0 Å². The van der Waals surface area contributed by atoms with Gasteiger partial charge in [0.25, 0.3) is 0 Å². The van der Waals surface area contributed by atoms with Crippen molar-refractivity contribution in [1.82, 2.24) is 0 Å². The molecular formula is C43H33Cl2F2N5O9S. The van der Waals surface area contributed by atoms with E-state index in [-0.39, 0.29) is 29.2 Å². The molecule has 0 radical (unpaired) electrons. The molecule has 0 aromatic heterocycles. The summed E-state index contributed by atoms with van der Waals surface area (Å²) in [4.78, 5) is 90.0. The second-order valence-corrected chi connectivity index (χ2v) is 12.9. The number of hydrogen-bond donors (Lipinski definition) is 0. The van der Waals surface area contributed by atoms with E-state index in [2.05, 4.69) is 34.4 Å². The van der Waals surface area contributed by atoms with Crippen molar-refractivity contribution in [3.05, 3.63) is 147 Å². The van der Waals surface area contributed by atoms with Gasteiger partial charge in [0.2, 0.25) is 30.4 Å². The molecular weight excluding hydrogens is 871 g/mol. The summed E-state index contributed by atoms with van der Waals surface area (Å²) in [5.41, 5.74) is 3.71. The molecule has 14 nitrogen and oxygen atoms in total. The molecule has 0 aliphatic carbocycles. The fourth-order valence-corrected chi connectivity index (χ4v) is 5.20. The lowest BCUT2D eigenvalue weighted by molar-refractivity contribution is 0.0599. The number of esters is 2. The summed E-state index contributed by atoms with van der Waals surface area (Å²) < 4.78 is 34.2. The largest absolute Gasteiger partial charge is 0.465 e. The number of nitrogens with zero attached hydrogens (tertiary/aromatic N) is 5. The highest BCUT2D eigenvalue weighted by Gasteiger charge is 2.13. The number of rotatable bonds is 9. The SMILES string of the molecule is COC(=O)c1cc(N=C=O)cc(C(=O)OC)c1.CSc1ccccc1N=C=O.Cc1ccc(F)cc1N=C=O.Cc1ccc(N=C=O)cc1F.O=C=NCc1ccc(Cl)cc1Cl. The maximum atomic E-state index is 12.7. The summed E-state index contributed by atoms with van der Waals surface area (Å²) >= 11 is 13.0. The van der Waals surface area contributed by atoms with E-state index in [1.807, 2.05) is 24.5 Å². The second kappa shape index (κ2) is 29.9. The van der Waals surface area contributed by atoms with Crippen LogP contribution in [0.25, 0.3) is 0 Å². The van der Waals surface area contributed by atoms with Gasteiger partial charge in [0.05, 0.1) is 54.6 Å². The Labute approximate surface area is 367 Å². The number of methoxy groups -OCH3 is 2. The predicted octanol–water partition coefficient (Wildman–Crippen LogP) is 10.6. The smallest absolute Gasteiger partial charge is 0.337 e. The van der Waals surface area contributed by atoms with Crippen LogP contribution in [-0.2, 0) is 40.0 Å². The van der Waals surface area contributed by atoms with Crippen LogP contribution in [0.3, 0.4) is 0 Å². The van der Waals surface area contributed by atoms with Crippen molar-refractivity contribution in [1.29, 1.82) is 0 Å². The summed E-state index contributed by atoms with van der Waals surface area (Å²) in [7, 11) is 2.41. The lowest BCUT2D eigenvalue weighted by Gasteiger charge is -2.04. The Morgan fingerprint density at radius 3 is 1.73 bits per heavy atom. The summed E-state index contributed by atoms with van der Waals surface area (Å²) in [6.07, 6.45) is 8.93. The second-order valence-electron chi connectivity index (χ2n) is 11.2. The average molecular weight is 905 g/mol. The number of thioether (sulfide) groups is 1. The molecule has 0 spiro atoms.